The molecule has 0 saturated heterocycles. The summed E-state index contributed by atoms with van der Waals surface area (Å²) < 4.78 is 0. The van der Waals surface area contributed by atoms with Gasteiger partial charge in [-0.05, 0) is 170 Å². The van der Waals surface area contributed by atoms with E-state index in [4.69, 9.17) is 0 Å². The number of benzene rings is 7. The quantitative estimate of drug-likeness (QED) is 0.163. The predicted octanol–water partition coefficient (Wildman–Crippen LogP) is 16.8. The van der Waals surface area contributed by atoms with Crippen molar-refractivity contribution in [3.05, 3.63) is 185 Å². The third-order valence-corrected chi connectivity index (χ3v) is 18.9. The number of anilines is 8. The summed E-state index contributed by atoms with van der Waals surface area (Å²) in [5.41, 5.74) is 23.9. The summed E-state index contributed by atoms with van der Waals surface area (Å²) in [6.07, 6.45) is 6.94. The van der Waals surface area contributed by atoms with Crippen molar-refractivity contribution < 1.29 is 0 Å². The van der Waals surface area contributed by atoms with Gasteiger partial charge in [0.1, 0.15) is 0 Å². The molecule has 2 unspecified atom stereocenters. The molecule has 7 aromatic rings. The highest BCUT2D eigenvalue weighted by molar-refractivity contribution is 7.00. The summed E-state index contributed by atoms with van der Waals surface area (Å²) in [7, 11) is 0. The highest BCUT2D eigenvalue weighted by atomic mass is 15.3. The number of para-hydroxylation sites is 2. The molecule has 0 spiro atoms. The van der Waals surface area contributed by atoms with E-state index in [-0.39, 0.29) is 44.7 Å². The van der Waals surface area contributed by atoms with Crippen LogP contribution in [0, 0.1) is 0 Å². The number of rotatable bonds is 4. The summed E-state index contributed by atoms with van der Waals surface area (Å²) >= 11 is 0. The van der Waals surface area contributed by atoms with Crippen LogP contribution >= 0.6 is 0 Å². The Balaban J connectivity index is 1.21. The summed E-state index contributed by atoms with van der Waals surface area (Å²) in [6, 6.07) is 58.3. The first-order chi connectivity index (χ1) is 34.4. The van der Waals surface area contributed by atoms with Crippen molar-refractivity contribution in [3.8, 4) is 0 Å². The Morgan fingerprint density at radius 1 is 0.397 bits per heavy atom. The average molecular weight is 960 g/mol. The van der Waals surface area contributed by atoms with Gasteiger partial charge in [-0.3, -0.25) is 0 Å². The smallest absolute Gasteiger partial charge is 0.252 e. The van der Waals surface area contributed by atoms with Crippen LogP contribution in [0.2, 0.25) is 0 Å². The van der Waals surface area contributed by atoms with Gasteiger partial charge < -0.3 is 14.7 Å². The Labute approximate surface area is 439 Å². The molecule has 3 heterocycles. The number of nitrogens with zero attached hydrogens (tertiary/aromatic N) is 3. The van der Waals surface area contributed by atoms with Crippen LogP contribution in [0.15, 0.2) is 146 Å². The van der Waals surface area contributed by atoms with Crippen molar-refractivity contribution in [1.82, 2.24) is 0 Å². The molecular formula is C69H78BN3. The molecule has 7 aromatic carbocycles. The summed E-state index contributed by atoms with van der Waals surface area (Å²) in [5.74, 6) is 0. The largest absolute Gasteiger partial charge is 0.334 e. The normalized spacial score (nSPS) is 21.5. The first-order valence-electron chi connectivity index (χ1n) is 27.7. The standard InChI is InChI=1S/C69H78BN3/c1-63(2,3)45-29-31-46(32-30-45)69-36-21-20-35-68(69,14)73(57-28-19-18-27-52(57)69)51-41-60-62-61(42-51)72(50-26-22-23-47(39-50)64(4,5)6)58-40-48(65(7,8)9)33-34-55(58)70(62)56-43-53-54(67(12,13)38-37-66(53,10)11)44-59(56)71(60)49-24-16-15-17-25-49/h15-19,22-34,39-44H,20-21,35-38H2,1-14H3. The Kier molecular flexibility index (Phi) is 10.5. The van der Waals surface area contributed by atoms with Gasteiger partial charge in [-0.2, -0.15) is 0 Å². The van der Waals surface area contributed by atoms with Gasteiger partial charge in [0.25, 0.3) is 6.71 Å². The molecule has 0 amide bonds. The van der Waals surface area contributed by atoms with Crippen LogP contribution in [0.25, 0.3) is 0 Å². The first-order valence-corrected chi connectivity index (χ1v) is 27.7. The van der Waals surface area contributed by atoms with E-state index in [0.717, 1.165) is 12.8 Å². The Morgan fingerprint density at radius 2 is 0.945 bits per heavy atom. The maximum Gasteiger partial charge on any atom is 0.252 e. The van der Waals surface area contributed by atoms with Crippen LogP contribution in [0.1, 0.15) is 174 Å². The second kappa shape index (κ2) is 16.0. The zero-order valence-corrected chi connectivity index (χ0v) is 46.5. The van der Waals surface area contributed by atoms with Crippen LogP contribution in [0.3, 0.4) is 0 Å². The second-order valence-corrected chi connectivity index (χ2v) is 27.5. The lowest BCUT2D eigenvalue weighted by Gasteiger charge is -2.53. The van der Waals surface area contributed by atoms with Crippen molar-refractivity contribution in [2.75, 3.05) is 14.7 Å². The number of hydrogen-bond acceptors (Lipinski definition) is 3. The van der Waals surface area contributed by atoms with Gasteiger partial charge in [-0.1, -0.05) is 194 Å². The molecule has 2 aliphatic carbocycles. The highest BCUT2D eigenvalue weighted by Crippen LogP contribution is 2.64. The lowest BCUT2D eigenvalue weighted by atomic mass is 9.33. The molecule has 372 valence electrons. The molecule has 2 atom stereocenters. The van der Waals surface area contributed by atoms with Crippen molar-refractivity contribution in [2.45, 2.75) is 173 Å². The lowest BCUT2D eigenvalue weighted by Crippen LogP contribution is -2.62. The highest BCUT2D eigenvalue weighted by Gasteiger charge is 2.61. The van der Waals surface area contributed by atoms with Gasteiger partial charge in [0.2, 0.25) is 0 Å². The van der Waals surface area contributed by atoms with Gasteiger partial charge in [0.15, 0.2) is 0 Å². The molecule has 3 nitrogen and oxygen atoms in total. The van der Waals surface area contributed by atoms with Gasteiger partial charge >= 0.3 is 0 Å². The van der Waals surface area contributed by atoms with E-state index < -0.39 is 0 Å². The van der Waals surface area contributed by atoms with Gasteiger partial charge in [-0.25, -0.2) is 0 Å². The molecule has 1 fully saturated rings. The molecular weight excluding hydrogens is 882 g/mol. The molecule has 3 aliphatic heterocycles. The van der Waals surface area contributed by atoms with Gasteiger partial charge in [-0.15, -0.1) is 0 Å². The fourth-order valence-electron chi connectivity index (χ4n) is 14.5. The van der Waals surface area contributed by atoms with Crippen LogP contribution in [0.4, 0.5) is 45.5 Å². The van der Waals surface area contributed by atoms with Crippen molar-refractivity contribution in [2.24, 2.45) is 0 Å². The zero-order chi connectivity index (χ0) is 51.4. The third-order valence-electron chi connectivity index (χ3n) is 18.9. The molecule has 0 bridgehead atoms. The molecule has 12 rings (SSSR count). The Morgan fingerprint density at radius 3 is 1.60 bits per heavy atom. The van der Waals surface area contributed by atoms with Crippen LogP contribution < -0.4 is 31.1 Å². The fraction of sp³-hybridized carbons (Fsp3) is 0.391. The molecule has 73 heavy (non-hydrogen) atoms. The monoisotopic (exact) mass is 960 g/mol. The van der Waals surface area contributed by atoms with E-state index in [1.807, 2.05) is 0 Å². The maximum absolute atomic E-state index is 2.84. The third kappa shape index (κ3) is 7.11. The van der Waals surface area contributed by atoms with E-state index in [1.54, 1.807) is 0 Å². The first kappa shape index (κ1) is 48.0. The van der Waals surface area contributed by atoms with Crippen LogP contribution in [-0.2, 0) is 32.5 Å². The molecule has 1 saturated carbocycles. The Hall–Kier alpha value is -6.00. The van der Waals surface area contributed by atoms with E-state index in [1.165, 1.54) is 127 Å². The van der Waals surface area contributed by atoms with Crippen molar-refractivity contribution in [3.63, 3.8) is 0 Å². The van der Waals surface area contributed by atoms with Gasteiger partial charge in [0.05, 0.1) is 5.54 Å². The van der Waals surface area contributed by atoms with Crippen molar-refractivity contribution >= 4 is 68.6 Å². The second-order valence-electron chi connectivity index (χ2n) is 27.5. The number of hydrogen-bond donors (Lipinski definition) is 0. The number of fused-ring (bicyclic) bond motifs is 8. The molecule has 0 N–H and O–H groups in total. The molecule has 4 heteroatoms. The predicted molar refractivity (Wildman–Crippen MR) is 315 cm³/mol. The minimum atomic E-state index is -0.250. The molecule has 0 aromatic heterocycles. The summed E-state index contributed by atoms with van der Waals surface area (Å²) in [5, 5.41) is 0. The lowest BCUT2D eigenvalue weighted by molar-refractivity contribution is 0.215. The fourth-order valence-corrected chi connectivity index (χ4v) is 14.5. The van der Waals surface area contributed by atoms with E-state index in [9.17, 15) is 0 Å². The summed E-state index contributed by atoms with van der Waals surface area (Å²) in [6.45, 7) is 33.8. The van der Waals surface area contributed by atoms with Gasteiger partial charge in [0, 0.05) is 50.9 Å². The minimum Gasteiger partial charge on any atom is -0.334 e. The SMILES string of the molecule is CC(C)(C)c1ccc(C23CCCCC2(C)N(c2cc4c5c(c2)N(c2ccccc2)c2cc6c(cc2B5c2ccc(C(C)(C)C)cc2N4c2cccc(C(C)(C)C)c2)C(C)(C)CCC6(C)C)c2ccccc23)cc1. The molecule has 0 radical (unpaired) electrons. The van der Waals surface area contributed by atoms with Crippen LogP contribution in [-0.4, -0.2) is 12.3 Å². The summed E-state index contributed by atoms with van der Waals surface area (Å²) in [4.78, 5) is 8.20. The molecule has 5 aliphatic rings. The van der Waals surface area contributed by atoms with E-state index >= 15 is 0 Å². The van der Waals surface area contributed by atoms with Crippen LogP contribution in [0.5, 0.6) is 0 Å². The zero-order valence-electron chi connectivity index (χ0n) is 46.5. The minimum absolute atomic E-state index is 0.0165. The Bertz CT molecular complexity index is 3340. The van der Waals surface area contributed by atoms with E-state index in [2.05, 4.69) is 257 Å². The maximum atomic E-state index is 2.84. The van der Waals surface area contributed by atoms with E-state index in [0.29, 0.717) is 0 Å². The van der Waals surface area contributed by atoms with Crippen molar-refractivity contribution in [1.29, 1.82) is 0 Å². The topological polar surface area (TPSA) is 9.72 Å². The average Bonchev–Trinajstić information content (AvgIpc) is 3.63.